The average Bonchev–Trinajstić information content (AvgIpc) is 1.85. The quantitative estimate of drug-likeness (QED) is 0.695. The molecule has 0 saturated heterocycles. The molecule has 11 heavy (non-hydrogen) atoms. The van der Waals surface area contributed by atoms with Crippen molar-refractivity contribution in [2.45, 2.75) is 16.8 Å². The lowest BCUT2D eigenvalue weighted by molar-refractivity contribution is 0.148. The molecule has 0 radical (unpaired) electrons. The van der Waals surface area contributed by atoms with Crippen molar-refractivity contribution in [3.05, 3.63) is 24.3 Å². The Morgan fingerprint density at radius 2 is 2.27 bits per heavy atom. The van der Waals surface area contributed by atoms with Gasteiger partial charge in [-0.05, 0) is 6.92 Å². The molecule has 2 unspecified atom stereocenters. The number of allylic oxidation sites excluding steroid dienone is 3. The van der Waals surface area contributed by atoms with E-state index in [1.54, 1.807) is 6.92 Å². The summed E-state index contributed by atoms with van der Waals surface area (Å²) in [6.45, 7) is 1.73. The minimum atomic E-state index is -0.615. The lowest BCUT2D eigenvalue weighted by atomic mass is 9.95. The van der Waals surface area contributed by atoms with Gasteiger partial charge in [0.05, 0.1) is 6.10 Å². The number of aliphatic hydroxyl groups is 1. The highest BCUT2D eigenvalue weighted by atomic mass is 79.9. The Bertz CT molecular complexity index is 196. The molecule has 0 saturated carbocycles. The number of hydrogen-bond donors (Lipinski definition) is 1. The van der Waals surface area contributed by atoms with Crippen molar-refractivity contribution in [3.8, 4) is 0 Å². The molecule has 1 aliphatic carbocycles. The van der Waals surface area contributed by atoms with E-state index >= 15 is 0 Å². The van der Waals surface area contributed by atoms with Gasteiger partial charge in [-0.2, -0.15) is 0 Å². The molecule has 62 valence electrons. The molecular weight excluding hydrogens is 227 g/mol. The first-order valence-electron chi connectivity index (χ1n) is 3.46. The third kappa shape index (κ3) is 2.08. The fourth-order valence-electron chi connectivity index (χ4n) is 1.09. The zero-order valence-corrected chi connectivity index (χ0v) is 8.51. The Morgan fingerprint density at radius 1 is 1.64 bits per heavy atom. The van der Waals surface area contributed by atoms with Crippen molar-refractivity contribution >= 4 is 27.5 Å². The predicted molar refractivity (Wildman–Crippen MR) is 51.0 cm³/mol. The smallest absolute Gasteiger partial charge is 0.126 e. The van der Waals surface area contributed by atoms with Gasteiger partial charge < -0.3 is 5.11 Å². The second-order valence-electron chi connectivity index (χ2n) is 2.68. The van der Waals surface area contributed by atoms with Gasteiger partial charge in [-0.1, -0.05) is 40.2 Å². The Morgan fingerprint density at radius 3 is 2.64 bits per heavy atom. The molecule has 3 atom stereocenters. The number of rotatable bonds is 1. The molecule has 0 fully saturated rings. The van der Waals surface area contributed by atoms with E-state index in [0.717, 1.165) is 0 Å². The van der Waals surface area contributed by atoms with Crippen LogP contribution in [0.5, 0.6) is 0 Å². The summed E-state index contributed by atoms with van der Waals surface area (Å²) in [5, 5.41) is 9.31. The highest BCUT2D eigenvalue weighted by Crippen LogP contribution is 2.39. The highest BCUT2D eigenvalue weighted by Gasteiger charge is 2.34. The van der Waals surface area contributed by atoms with Crippen molar-refractivity contribution in [3.63, 3.8) is 0 Å². The predicted octanol–water partition coefficient (Wildman–Crippen LogP) is 2.44. The van der Waals surface area contributed by atoms with Crippen LogP contribution in [-0.2, 0) is 0 Å². The van der Waals surface area contributed by atoms with Crippen LogP contribution < -0.4 is 0 Å². The molecule has 1 aliphatic rings. The molecule has 0 heterocycles. The summed E-state index contributed by atoms with van der Waals surface area (Å²) >= 11 is 9.38. The normalized spacial score (nSPS) is 39.1. The molecule has 0 bridgehead atoms. The van der Waals surface area contributed by atoms with Crippen LogP contribution in [0.15, 0.2) is 24.3 Å². The average molecular weight is 238 g/mol. The van der Waals surface area contributed by atoms with Crippen molar-refractivity contribution in [1.82, 2.24) is 0 Å². The maximum absolute atomic E-state index is 9.31. The van der Waals surface area contributed by atoms with Crippen molar-refractivity contribution < 1.29 is 5.11 Å². The second-order valence-corrected chi connectivity index (χ2v) is 5.08. The minimum Gasteiger partial charge on any atom is -0.393 e. The third-order valence-corrected chi connectivity index (χ3v) is 2.88. The summed E-state index contributed by atoms with van der Waals surface area (Å²) in [6, 6.07) is 0. The van der Waals surface area contributed by atoms with E-state index in [0.29, 0.717) is 0 Å². The van der Waals surface area contributed by atoms with Gasteiger partial charge in [-0.3, -0.25) is 0 Å². The highest BCUT2D eigenvalue weighted by molar-refractivity contribution is 9.10. The van der Waals surface area contributed by atoms with E-state index in [4.69, 9.17) is 11.6 Å². The Labute approximate surface area is 79.9 Å². The topological polar surface area (TPSA) is 20.2 Å². The van der Waals surface area contributed by atoms with E-state index in [9.17, 15) is 5.11 Å². The molecule has 1 rings (SSSR count). The lowest BCUT2D eigenvalue weighted by Gasteiger charge is -2.29. The summed E-state index contributed by atoms with van der Waals surface area (Å²) in [7, 11) is 0. The molecule has 0 spiro atoms. The van der Waals surface area contributed by atoms with E-state index in [1.807, 2.05) is 24.3 Å². The molecule has 0 aromatic rings. The van der Waals surface area contributed by atoms with Crippen LogP contribution in [-0.4, -0.2) is 15.0 Å². The van der Waals surface area contributed by atoms with Gasteiger partial charge >= 0.3 is 0 Å². The minimum absolute atomic E-state index is 0.0610. The molecule has 3 heteroatoms. The van der Waals surface area contributed by atoms with Gasteiger partial charge in [0.15, 0.2) is 0 Å². The van der Waals surface area contributed by atoms with Crippen LogP contribution in [0.1, 0.15) is 6.92 Å². The molecular formula is C8H10BrClO. The van der Waals surface area contributed by atoms with Crippen molar-refractivity contribution in [2.24, 2.45) is 5.92 Å². The molecule has 0 aromatic carbocycles. The van der Waals surface area contributed by atoms with Gasteiger partial charge in [-0.25, -0.2) is 0 Å². The fraction of sp³-hybridized carbons (Fsp3) is 0.500. The van der Waals surface area contributed by atoms with Gasteiger partial charge in [-0.15, -0.1) is 11.6 Å². The molecule has 0 amide bonds. The summed E-state index contributed by atoms with van der Waals surface area (Å²) in [5.74, 6) is -0.0610. The van der Waals surface area contributed by atoms with Crippen LogP contribution in [0.3, 0.4) is 0 Å². The first-order chi connectivity index (χ1) is 5.04. The summed E-state index contributed by atoms with van der Waals surface area (Å²) in [4.78, 5) is 0. The number of hydrogen-bond acceptors (Lipinski definition) is 1. The van der Waals surface area contributed by atoms with Crippen LogP contribution >= 0.6 is 27.5 Å². The van der Waals surface area contributed by atoms with Gasteiger partial charge in [0.2, 0.25) is 0 Å². The first-order valence-corrected chi connectivity index (χ1v) is 4.63. The van der Waals surface area contributed by atoms with E-state index in [2.05, 4.69) is 15.9 Å². The van der Waals surface area contributed by atoms with E-state index in [-0.39, 0.29) is 5.92 Å². The summed E-state index contributed by atoms with van der Waals surface area (Å²) in [6.07, 6.45) is 7.03. The lowest BCUT2D eigenvalue weighted by Crippen LogP contribution is -2.31. The van der Waals surface area contributed by atoms with Gasteiger partial charge in [0.25, 0.3) is 0 Å². The molecule has 0 aromatic heterocycles. The van der Waals surface area contributed by atoms with Crippen LogP contribution in [0.2, 0.25) is 0 Å². The molecule has 1 nitrogen and oxygen atoms in total. The second kappa shape index (κ2) is 3.30. The molecule has 0 aliphatic heterocycles. The number of alkyl halides is 2. The zero-order valence-electron chi connectivity index (χ0n) is 6.17. The molecule has 1 N–H and O–H groups in total. The maximum Gasteiger partial charge on any atom is 0.126 e. The van der Waals surface area contributed by atoms with Crippen LogP contribution in [0.4, 0.5) is 0 Å². The van der Waals surface area contributed by atoms with Crippen LogP contribution in [0, 0.1) is 5.92 Å². The van der Waals surface area contributed by atoms with E-state index < -0.39 is 9.89 Å². The Kier molecular flexibility index (Phi) is 2.79. The van der Waals surface area contributed by atoms with Gasteiger partial charge in [0.1, 0.15) is 3.78 Å². The van der Waals surface area contributed by atoms with Crippen LogP contribution in [0.25, 0.3) is 0 Å². The third-order valence-electron chi connectivity index (χ3n) is 1.71. The fourth-order valence-corrected chi connectivity index (χ4v) is 2.11. The first kappa shape index (κ1) is 9.30. The largest absolute Gasteiger partial charge is 0.393 e. The number of aliphatic hydroxyl groups excluding tert-OH is 1. The standard InChI is InChI=1S/C8H10BrClO/c1-6(11)7-4-2-3-5-8(7,9)10/h2-7,11H,1H3/t6-,7?,8?/m1/s1. The Balaban J connectivity index is 2.80. The van der Waals surface area contributed by atoms with E-state index in [1.165, 1.54) is 0 Å². The maximum atomic E-state index is 9.31. The monoisotopic (exact) mass is 236 g/mol. The summed E-state index contributed by atoms with van der Waals surface area (Å²) < 4.78 is -0.615. The Hall–Kier alpha value is 0.210. The zero-order chi connectivity index (χ0) is 8.48. The summed E-state index contributed by atoms with van der Waals surface area (Å²) in [5.41, 5.74) is 0. The van der Waals surface area contributed by atoms with Crippen molar-refractivity contribution in [1.29, 1.82) is 0 Å². The SMILES string of the molecule is C[C@@H](O)C1C=CC=CC1(Cl)Br. The van der Waals surface area contributed by atoms with Crippen molar-refractivity contribution in [2.75, 3.05) is 0 Å². The van der Waals surface area contributed by atoms with Gasteiger partial charge in [0, 0.05) is 5.92 Å². The number of halogens is 2.